The van der Waals surface area contributed by atoms with Crippen molar-refractivity contribution >= 4 is 5.78 Å². The van der Waals surface area contributed by atoms with Crippen molar-refractivity contribution in [2.24, 2.45) is 35.0 Å². The number of allylic oxidation sites excluding steroid dienone is 3. The predicted octanol–water partition coefficient (Wildman–Crippen LogP) is 2.75. The van der Waals surface area contributed by atoms with Crippen LogP contribution in [-0.2, 0) is 9.53 Å². The van der Waals surface area contributed by atoms with Gasteiger partial charge in [-0.3, -0.25) is 4.79 Å². The van der Waals surface area contributed by atoms with Gasteiger partial charge in [0, 0.05) is 13.0 Å². The number of rotatable bonds is 1. The summed E-state index contributed by atoms with van der Waals surface area (Å²) in [4.78, 5) is 12.3. The normalized spacial score (nSPS) is 53.0. The van der Waals surface area contributed by atoms with Gasteiger partial charge in [0.15, 0.2) is 5.78 Å². The lowest BCUT2D eigenvalue weighted by Crippen LogP contribution is -2.49. The van der Waals surface area contributed by atoms with E-state index in [0.717, 1.165) is 12.8 Å². The second-order valence-electron chi connectivity index (χ2n) is 7.91. The van der Waals surface area contributed by atoms with Crippen molar-refractivity contribution in [1.29, 1.82) is 0 Å². The second kappa shape index (κ2) is 5.04. The fourth-order valence-corrected chi connectivity index (χ4v) is 6.00. The van der Waals surface area contributed by atoms with E-state index in [1.807, 2.05) is 7.11 Å². The quantitative estimate of drug-likeness (QED) is 0.758. The highest BCUT2D eigenvalue weighted by Gasteiger charge is 2.56. The summed E-state index contributed by atoms with van der Waals surface area (Å²) in [6.07, 6.45) is 12.5. The lowest BCUT2D eigenvalue weighted by atomic mass is 9.53. The first-order valence-corrected chi connectivity index (χ1v) is 8.67. The molecule has 3 heteroatoms. The van der Waals surface area contributed by atoms with Gasteiger partial charge in [0.1, 0.15) is 6.10 Å². The van der Waals surface area contributed by atoms with Crippen molar-refractivity contribution in [2.75, 3.05) is 7.11 Å². The monoisotopic (exact) mass is 302 g/mol. The fraction of sp³-hybridized carbons (Fsp3) is 0.737. The highest BCUT2D eigenvalue weighted by atomic mass is 16.5. The van der Waals surface area contributed by atoms with Gasteiger partial charge in [-0.1, -0.05) is 31.2 Å². The molecule has 0 aliphatic heterocycles. The van der Waals surface area contributed by atoms with Crippen molar-refractivity contribution in [3.8, 4) is 0 Å². The lowest BCUT2D eigenvalue weighted by molar-refractivity contribution is -0.131. The number of hydrogen-bond acceptors (Lipinski definition) is 3. The van der Waals surface area contributed by atoms with E-state index in [2.05, 4.69) is 25.2 Å². The zero-order valence-electron chi connectivity index (χ0n) is 13.4. The molecule has 8 atom stereocenters. The molecule has 0 bridgehead atoms. The Morgan fingerprint density at radius 1 is 1.14 bits per heavy atom. The number of methoxy groups -OCH3 is 1. The average molecular weight is 302 g/mol. The molecule has 3 nitrogen and oxygen atoms in total. The van der Waals surface area contributed by atoms with Gasteiger partial charge in [-0.15, -0.1) is 0 Å². The average Bonchev–Trinajstić information content (AvgIpc) is 2.87. The Balaban J connectivity index is 1.66. The predicted molar refractivity (Wildman–Crippen MR) is 84.1 cm³/mol. The molecular formula is C19H26O3. The standard InChI is InChI=1S/C19H26O3/c1-19-10-9-12-11-5-7-16(20)18(21)14(11)4-3-13(12)15(19)6-8-17(19)22-2/h3-5,7,11-17,20H,6,8-10H2,1-2H3/t11-,12-,13-,14?,15+,16?,17-,19+/m1/s1. The summed E-state index contributed by atoms with van der Waals surface area (Å²) >= 11 is 0. The molecular weight excluding hydrogens is 276 g/mol. The van der Waals surface area contributed by atoms with E-state index in [9.17, 15) is 9.90 Å². The largest absolute Gasteiger partial charge is 0.381 e. The third kappa shape index (κ3) is 1.85. The van der Waals surface area contributed by atoms with Gasteiger partial charge >= 0.3 is 0 Å². The summed E-state index contributed by atoms with van der Waals surface area (Å²) in [7, 11) is 1.85. The number of carbonyl (C=O) groups excluding carboxylic acids is 1. The van der Waals surface area contributed by atoms with Crippen LogP contribution in [0.5, 0.6) is 0 Å². The van der Waals surface area contributed by atoms with Crippen molar-refractivity contribution in [2.45, 2.75) is 44.8 Å². The first-order chi connectivity index (χ1) is 10.6. The molecule has 4 aliphatic rings. The first-order valence-electron chi connectivity index (χ1n) is 8.67. The summed E-state index contributed by atoms with van der Waals surface area (Å²) < 4.78 is 5.78. The third-order valence-corrected chi connectivity index (χ3v) is 7.17. The third-order valence-electron chi connectivity index (χ3n) is 7.17. The number of ketones is 1. The molecule has 2 unspecified atom stereocenters. The van der Waals surface area contributed by atoms with E-state index in [1.165, 1.54) is 12.8 Å². The van der Waals surface area contributed by atoms with Crippen molar-refractivity contribution in [3.05, 3.63) is 24.3 Å². The number of ether oxygens (including phenoxy) is 1. The summed E-state index contributed by atoms with van der Waals surface area (Å²) in [5.41, 5.74) is 0.287. The number of hydrogen-bond donors (Lipinski definition) is 1. The number of aliphatic hydroxyl groups is 1. The van der Waals surface area contributed by atoms with Crippen molar-refractivity contribution in [3.63, 3.8) is 0 Å². The van der Waals surface area contributed by atoms with Gasteiger partial charge in [-0.25, -0.2) is 0 Å². The van der Waals surface area contributed by atoms with Crippen LogP contribution in [0.2, 0.25) is 0 Å². The summed E-state index contributed by atoms with van der Waals surface area (Å²) in [5.74, 6) is 1.95. The topological polar surface area (TPSA) is 46.5 Å². The van der Waals surface area contributed by atoms with Crippen LogP contribution in [0.1, 0.15) is 32.6 Å². The number of aliphatic hydroxyl groups excluding tert-OH is 1. The Kier molecular flexibility index (Phi) is 3.35. The van der Waals surface area contributed by atoms with Gasteiger partial charge < -0.3 is 9.84 Å². The molecule has 0 heterocycles. The van der Waals surface area contributed by atoms with Crippen molar-refractivity contribution < 1.29 is 14.6 Å². The molecule has 22 heavy (non-hydrogen) atoms. The molecule has 2 saturated carbocycles. The molecule has 4 aliphatic carbocycles. The highest BCUT2D eigenvalue weighted by molar-refractivity contribution is 5.90. The van der Waals surface area contributed by atoms with Crippen LogP contribution in [0.25, 0.3) is 0 Å². The Bertz CT molecular complexity index is 537. The number of carbonyl (C=O) groups is 1. The molecule has 0 radical (unpaired) electrons. The molecule has 0 spiro atoms. The van der Waals surface area contributed by atoms with Gasteiger partial charge in [-0.05, 0) is 54.8 Å². The van der Waals surface area contributed by atoms with Crippen molar-refractivity contribution in [1.82, 2.24) is 0 Å². The van der Waals surface area contributed by atoms with E-state index in [4.69, 9.17) is 4.74 Å². The fourth-order valence-electron chi connectivity index (χ4n) is 6.00. The Morgan fingerprint density at radius 3 is 2.68 bits per heavy atom. The summed E-state index contributed by atoms with van der Waals surface area (Å²) in [6, 6.07) is 0. The van der Waals surface area contributed by atoms with Crippen LogP contribution >= 0.6 is 0 Å². The van der Waals surface area contributed by atoms with E-state index in [1.54, 1.807) is 6.08 Å². The Hall–Kier alpha value is -0.930. The molecule has 0 amide bonds. The molecule has 2 fully saturated rings. The van der Waals surface area contributed by atoms with Gasteiger partial charge in [0.05, 0.1) is 6.10 Å². The maximum absolute atomic E-state index is 12.3. The molecule has 1 N–H and O–H groups in total. The number of fused-ring (bicyclic) bond motifs is 5. The van der Waals surface area contributed by atoms with Gasteiger partial charge in [0.25, 0.3) is 0 Å². The maximum atomic E-state index is 12.3. The van der Waals surface area contributed by atoms with Gasteiger partial charge in [0.2, 0.25) is 0 Å². The Labute approximate surface area is 132 Å². The van der Waals surface area contributed by atoms with Crippen LogP contribution in [0.15, 0.2) is 24.3 Å². The zero-order chi connectivity index (χ0) is 15.5. The molecule has 4 rings (SSSR count). The van der Waals surface area contributed by atoms with Crippen LogP contribution < -0.4 is 0 Å². The van der Waals surface area contributed by atoms with E-state index in [0.29, 0.717) is 23.9 Å². The van der Waals surface area contributed by atoms with Gasteiger partial charge in [-0.2, -0.15) is 0 Å². The highest BCUT2D eigenvalue weighted by Crippen LogP contribution is 2.60. The molecule has 0 aromatic carbocycles. The Morgan fingerprint density at radius 2 is 1.91 bits per heavy atom. The number of Topliss-reactive ketones (excluding diaryl/α,β-unsaturated/α-hetero) is 1. The maximum Gasteiger partial charge on any atom is 0.172 e. The summed E-state index contributed by atoms with van der Waals surface area (Å²) in [5, 5.41) is 9.78. The zero-order valence-corrected chi connectivity index (χ0v) is 13.4. The molecule has 0 aromatic rings. The second-order valence-corrected chi connectivity index (χ2v) is 7.91. The molecule has 120 valence electrons. The first kappa shape index (κ1) is 14.6. The van der Waals surface area contributed by atoms with Crippen LogP contribution in [-0.4, -0.2) is 30.2 Å². The minimum Gasteiger partial charge on any atom is -0.381 e. The van der Waals surface area contributed by atoms with E-state index in [-0.39, 0.29) is 23.0 Å². The lowest BCUT2D eigenvalue weighted by Gasteiger charge is -2.52. The van der Waals surface area contributed by atoms with Crippen LogP contribution in [0.4, 0.5) is 0 Å². The van der Waals surface area contributed by atoms with Crippen LogP contribution in [0.3, 0.4) is 0 Å². The minimum absolute atomic E-state index is 0.0169. The van der Waals surface area contributed by atoms with E-state index < -0.39 is 6.10 Å². The van der Waals surface area contributed by atoms with E-state index >= 15 is 0 Å². The summed E-state index contributed by atoms with van der Waals surface area (Å²) in [6.45, 7) is 2.40. The molecule has 0 saturated heterocycles. The smallest absolute Gasteiger partial charge is 0.172 e. The SMILES string of the molecule is CO[C@@H]1CC[C@H]2[C@@H]3C=CC4C(=O)C(O)C=C[C@@H]4[C@H]3CC[C@]12C. The van der Waals surface area contributed by atoms with Crippen LogP contribution in [0, 0.1) is 35.0 Å². The molecule has 0 aromatic heterocycles. The minimum atomic E-state index is -0.902.